The van der Waals surface area contributed by atoms with Crippen LogP contribution in [0.15, 0.2) is 11.6 Å². The molecule has 3 heterocycles. The molecule has 0 aromatic rings. The standard InChI is InChI=1S/C54H86O24/c1-22(2)45(70)78-43-42(67)54(21-71-23(3)58)25(16-49(43,4)5)24-10-11-29-50(6)14-13-31(51(7,20-57)28(50)12-15-52(29,8)53(24,9)17-30(54)59)74-48-40(76-47-37(65)35(63)33(61)27(19-56)73-47)38(66)39(41(77-48)44(68)69)75-46-36(64)34(62)32(60)26(18-55)72-46/h10,22,25-43,46-48,55-57,59-67H,11-21H2,1-9H3,(H,68,69)/t25-,26+,27+,28+,29+,30+,31-,32+,33+,34-,35-,36+,37+,38-,39-,40+,41-,42-,43-,46-,47-,48+,50-,51+,52+,53+,54-/m0/s1. The molecule has 8 aliphatic rings. The maximum absolute atomic E-state index is 13.1. The highest BCUT2D eigenvalue weighted by atomic mass is 16.8. The van der Waals surface area contributed by atoms with Crippen LogP contribution in [0.1, 0.15) is 107 Å². The Kier molecular flexibility index (Phi) is 17.5. The lowest BCUT2D eigenvalue weighted by molar-refractivity contribution is -0.392. The van der Waals surface area contributed by atoms with Crippen LogP contribution in [0.3, 0.4) is 0 Å². The molecule has 27 atom stereocenters. The number of fused-ring (bicyclic) bond motifs is 7. The average Bonchev–Trinajstić information content (AvgIpc) is 3.51. The highest BCUT2D eigenvalue weighted by Gasteiger charge is 2.74. The van der Waals surface area contributed by atoms with Crippen LogP contribution in [0.5, 0.6) is 0 Å². The first-order valence-corrected chi connectivity index (χ1v) is 27.5. The third-order valence-corrected chi connectivity index (χ3v) is 20.8. The van der Waals surface area contributed by atoms with E-state index in [0.717, 1.165) is 5.57 Å². The number of carbonyl (C=O) groups excluding carboxylic acids is 2. The second kappa shape index (κ2) is 22.2. The zero-order valence-electron chi connectivity index (χ0n) is 45.9. The molecule has 78 heavy (non-hydrogen) atoms. The molecule has 0 radical (unpaired) electrons. The molecule has 0 unspecified atom stereocenters. The number of hydrogen-bond donors (Lipinski definition) is 13. The van der Waals surface area contributed by atoms with Crippen molar-refractivity contribution in [2.45, 2.75) is 224 Å². The number of allylic oxidation sites excluding steroid dienone is 2. The molecule has 446 valence electrons. The predicted octanol–water partition coefficient (Wildman–Crippen LogP) is -1.63. The van der Waals surface area contributed by atoms with Crippen molar-refractivity contribution in [3.63, 3.8) is 0 Å². The van der Waals surface area contributed by atoms with Crippen molar-refractivity contribution >= 4 is 17.9 Å². The fraction of sp³-hybridized carbons (Fsp3) is 0.907. The summed E-state index contributed by atoms with van der Waals surface area (Å²) in [5.74, 6) is -4.18. The van der Waals surface area contributed by atoms with E-state index in [4.69, 9.17) is 37.9 Å². The summed E-state index contributed by atoms with van der Waals surface area (Å²) in [5.41, 5.74) is -4.04. The van der Waals surface area contributed by atoms with Gasteiger partial charge in [-0.25, -0.2) is 4.79 Å². The average molecular weight is 1120 g/mol. The molecule has 0 spiro atoms. The van der Waals surface area contributed by atoms with Gasteiger partial charge in [-0.15, -0.1) is 0 Å². The Morgan fingerprint density at radius 1 is 0.692 bits per heavy atom. The van der Waals surface area contributed by atoms with Gasteiger partial charge in [0.2, 0.25) is 0 Å². The number of aliphatic hydroxyl groups excluding tert-OH is 12. The van der Waals surface area contributed by atoms with Crippen molar-refractivity contribution in [1.82, 2.24) is 0 Å². The maximum atomic E-state index is 13.1. The SMILES string of the molecule is CC(=O)OC[C@@]12[C@H](O)C[C@]3(C)C(=CC[C@@H]4[C@@]5(C)CC[C@H](O[C@@H]6O[C@H](C(=O)O)[C@@H](O[C@@H]7O[C@H](CO)[C@@H](O)[C@H](O)[C@H]7O)[C@H](O)[C@H]6O[C@@H]6O[C@H](CO)[C@@H](O)[C@H](O)[C@H]6O)[C@](C)(CO)[C@@H]5CC[C@]43C)[C@@H]1CC(C)(C)[C@@H](OC(=O)C(C)C)[C@@H]2O. The molecule has 5 aliphatic carbocycles. The fourth-order valence-electron chi connectivity index (χ4n) is 16.1. The largest absolute Gasteiger partial charge is 0.479 e. The van der Waals surface area contributed by atoms with Crippen molar-refractivity contribution in [2.75, 3.05) is 26.4 Å². The monoisotopic (exact) mass is 1120 g/mol. The van der Waals surface area contributed by atoms with Crippen LogP contribution in [-0.2, 0) is 52.3 Å². The van der Waals surface area contributed by atoms with Gasteiger partial charge >= 0.3 is 17.9 Å². The highest BCUT2D eigenvalue weighted by Crippen LogP contribution is 2.76. The summed E-state index contributed by atoms with van der Waals surface area (Å²) in [7, 11) is 0. The Morgan fingerprint density at radius 2 is 1.27 bits per heavy atom. The van der Waals surface area contributed by atoms with Gasteiger partial charge in [0.1, 0.15) is 86.0 Å². The van der Waals surface area contributed by atoms with Crippen molar-refractivity contribution in [2.24, 2.45) is 56.2 Å². The summed E-state index contributed by atoms with van der Waals surface area (Å²) in [6.45, 7) is 14.5. The Balaban J connectivity index is 1.11. The summed E-state index contributed by atoms with van der Waals surface area (Å²) in [4.78, 5) is 38.8. The molecule has 13 N–H and O–H groups in total. The number of aliphatic hydroxyl groups is 12. The van der Waals surface area contributed by atoms with Gasteiger partial charge in [-0.2, -0.15) is 0 Å². The molecule has 0 amide bonds. The Labute approximate surface area is 453 Å². The van der Waals surface area contributed by atoms with Gasteiger partial charge in [0.15, 0.2) is 25.0 Å². The molecule has 0 aromatic carbocycles. The first-order valence-electron chi connectivity index (χ1n) is 27.5. The number of hydrogen-bond acceptors (Lipinski definition) is 23. The minimum atomic E-state index is -2.17. The molecule has 24 heteroatoms. The lowest BCUT2D eigenvalue weighted by Gasteiger charge is -2.72. The molecule has 8 rings (SSSR count). The minimum absolute atomic E-state index is 0.0782. The topological polar surface area (TPSA) is 388 Å². The molecule has 4 saturated carbocycles. The van der Waals surface area contributed by atoms with Crippen molar-refractivity contribution in [3.05, 3.63) is 11.6 Å². The van der Waals surface area contributed by atoms with Crippen LogP contribution in [-0.4, -0.2) is 227 Å². The van der Waals surface area contributed by atoms with Gasteiger partial charge in [-0.3, -0.25) is 9.59 Å². The van der Waals surface area contributed by atoms with E-state index in [1.807, 2.05) is 20.8 Å². The Bertz CT molecular complexity index is 2210. The number of carboxylic acids is 1. The molecule has 7 fully saturated rings. The number of carbonyl (C=O) groups is 3. The van der Waals surface area contributed by atoms with E-state index in [2.05, 4.69) is 26.8 Å². The van der Waals surface area contributed by atoms with Gasteiger partial charge in [-0.1, -0.05) is 67.0 Å². The van der Waals surface area contributed by atoms with E-state index in [1.54, 1.807) is 13.8 Å². The summed E-state index contributed by atoms with van der Waals surface area (Å²) >= 11 is 0. The molecule has 24 nitrogen and oxygen atoms in total. The smallest absolute Gasteiger partial charge is 0.335 e. The summed E-state index contributed by atoms with van der Waals surface area (Å²) in [6, 6.07) is 0. The number of ether oxygens (including phenoxy) is 8. The van der Waals surface area contributed by atoms with E-state index in [0.29, 0.717) is 32.1 Å². The van der Waals surface area contributed by atoms with Crippen LogP contribution in [0.25, 0.3) is 0 Å². The highest BCUT2D eigenvalue weighted by molar-refractivity contribution is 5.73. The van der Waals surface area contributed by atoms with Crippen molar-refractivity contribution < 1.29 is 119 Å². The van der Waals surface area contributed by atoms with Gasteiger partial charge in [-0.05, 0) is 78.9 Å². The van der Waals surface area contributed by atoms with Crippen LogP contribution < -0.4 is 0 Å². The first-order chi connectivity index (χ1) is 36.3. The van der Waals surface area contributed by atoms with Crippen LogP contribution >= 0.6 is 0 Å². The second-order valence-electron chi connectivity index (χ2n) is 25.8. The number of carboxylic acid groups (broad SMARTS) is 1. The van der Waals surface area contributed by atoms with E-state index < -0.39 is 199 Å². The molecular formula is C54H86O24. The van der Waals surface area contributed by atoms with Crippen molar-refractivity contribution in [3.8, 4) is 0 Å². The Hall–Kier alpha value is -2.57. The minimum Gasteiger partial charge on any atom is -0.479 e. The van der Waals surface area contributed by atoms with Crippen LogP contribution in [0.4, 0.5) is 0 Å². The number of aliphatic carboxylic acids is 1. The molecular weight excluding hydrogens is 1030 g/mol. The molecule has 3 aliphatic heterocycles. The third kappa shape index (κ3) is 9.78. The summed E-state index contributed by atoms with van der Waals surface area (Å²) < 4.78 is 47.7. The molecule has 3 saturated heterocycles. The number of rotatable bonds is 14. The van der Waals surface area contributed by atoms with E-state index >= 15 is 0 Å². The van der Waals surface area contributed by atoms with Gasteiger partial charge in [0, 0.05) is 17.8 Å². The molecule has 0 aromatic heterocycles. The summed E-state index contributed by atoms with van der Waals surface area (Å²) in [6.07, 6.45) is -28.2. The first kappa shape index (κ1) is 61.5. The quantitative estimate of drug-likeness (QED) is 0.0527. The number of esters is 2. The van der Waals surface area contributed by atoms with Gasteiger partial charge < -0.3 is 104 Å². The van der Waals surface area contributed by atoms with Crippen molar-refractivity contribution in [1.29, 1.82) is 0 Å². The summed E-state index contributed by atoms with van der Waals surface area (Å²) in [5, 5.41) is 144. The lowest BCUT2D eigenvalue weighted by Crippen LogP contribution is -2.72. The van der Waals surface area contributed by atoms with Gasteiger partial charge in [0.25, 0.3) is 0 Å². The van der Waals surface area contributed by atoms with Crippen LogP contribution in [0.2, 0.25) is 0 Å². The van der Waals surface area contributed by atoms with Crippen LogP contribution in [0, 0.1) is 56.2 Å². The third-order valence-electron chi connectivity index (χ3n) is 20.8. The fourth-order valence-corrected chi connectivity index (χ4v) is 16.1. The lowest BCUT2D eigenvalue weighted by atomic mass is 9.33. The van der Waals surface area contributed by atoms with E-state index in [9.17, 15) is 80.8 Å². The zero-order chi connectivity index (χ0) is 57.7. The van der Waals surface area contributed by atoms with E-state index in [-0.39, 0.29) is 31.3 Å². The zero-order valence-corrected chi connectivity index (χ0v) is 45.9. The van der Waals surface area contributed by atoms with E-state index in [1.165, 1.54) is 6.92 Å². The normalized spacial score (nSPS) is 51.0. The molecule has 0 bridgehead atoms. The maximum Gasteiger partial charge on any atom is 0.335 e. The van der Waals surface area contributed by atoms with Gasteiger partial charge in [0.05, 0.1) is 43.4 Å². The Morgan fingerprint density at radius 3 is 1.79 bits per heavy atom. The predicted molar refractivity (Wildman–Crippen MR) is 264 cm³/mol. The second-order valence-corrected chi connectivity index (χ2v) is 25.8.